The molecule has 8 heteroatoms. The summed E-state index contributed by atoms with van der Waals surface area (Å²) in [7, 11) is 0. The Morgan fingerprint density at radius 1 is 0.966 bits per heavy atom. The number of benzene rings is 2. The second-order valence-electron chi connectivity index (χ2n) is 6.03. The number of ether oxygens (including phenoxy) is 2. The fourth-order valence-electron chi connectivity index (χ4n) is 2.71. The number of halogens is 1. The van der Waals surface area contributed by atoms with Gasteiger partial charge in [0.25, 0.3) is 5.91 Å². The van der Waals surface area contributed by atoms with E-state index in [0.717, 1.165) is 0 Å². The molecule has 0 saturated carbocycles. The maximum atomic E-state index is 12.7. The lowest BCUT2D eigenvalue weighted by atomic mass is 10.1. The van der Waals surface area contributed by atoms with E-state index < -0.39 is 0 Å². The van der Waals surface area contributed by atoms with E-state index in [4.69, 9.17) is 13.9 Å². The smallest absolute Gasteiger partial charge is 0.257 e. The molecule has 29 heavy (non-hydrogen) atoms. The first-order valence-corrected chi connectivity index (χ1v) is 9.42. The lowest BCUT2D eigenvalue weighted by Gasteiger charge is -2.11. The number of carbonyl (C=O) groups excluding carboxylic acids is 2. The first-order valence-electron chi connectivity index (χ1n) is 8.63. The molecule has 2 aromatic carbocycles. The molecule has 3 aromatic rings. The third kappa shape index (κ3) is 4.49. The Labute approximate surface area is 174 Å². The molecule has 4 rings (SSSR count). The van der Waals surface area contributed by atoms with E-state index in [1.807, 2.05) is 0 Å². The zero-order valence-electron chi connectivity index (χ0n) is 15.0. The van der Waals surface area contributed by atoms with Gasteiger partial charge in [0.1, 0.15) is 5.76 Å². The molecule has 0 radical (unpaired) electrons. The molecule has 1 aliphatic rings. The molecule has 0 atom stereocenters. The van der Waals surface area contributed by atoms with Gasteiger partial charge in [-0.05, 0) is 58.4 Å². The second-order valence-corrected chi connectivity index (χ2v) is 6.81. The van der Waals surface area contributed by atoms with Crippen molar-refractivity contribution in [2.45, 2.75) is 0 Å². The number of hydrogen-bond donors (Lipinski definition) is 2. The minimum absolute atomic E-state index is 0.157. The quantitative estimate of drug-likeness (QED) is 0.546. The predicted molar refractivity (Wildman–Crippen MR) is 111 cm³/mol. The number of carbonyl (C=O) groups is 2. The molecule has 7 nitrogen and oxygen atoms in total. The van der Waals surface area contributed by atoms with Gasteiger partial charge >= 0.3 is 0 Å². The van der Waals surface area contributed by atoms with E-state index in [0.29, 0.717) is 38.9 Å². The number of hydrogen-bond acceptors (Lipinski definition) is 5. The minimum atomic E-state index is -0.388. The van der Waals surface area contributed by atoms with Gasteiger partial charge in [-0.2, -0.15) is 0 Å². The summed E-state index contributed by atoms with van der Waals surface area (Å²) in [5.74, 6) is 0.977. The summed E-state index contributed by atoms with van der Waals surface area (Å²) in [4.78, 5) is 25.0. The summed E-state index contributed by atoms with van der Waals surface area (Å²) in [5, 5.41) is 5.51. The Kier molecular flexibility index (Phi) is 5.35. The summed E-state index contributed by atoms with van der Waals surface area (Å²) in [6, 6.07) is 15.3. The zero-order valence-corrected chi connectivity index (χ0v) is 16.6. The monoisotopic (exact) mass is 454 g/mol. The number of amides is 2. The van der Waals surface area contributed by atoms with Crippen molar-refractivity contribution in [3.8, 4) is 11.5 Å². The van der Waals surface area contributed by atoms with Gasteiger partial charge in [0, 0.05) is 17.8 Å². The van der Waals surface area contributed by atoms with Crippen LogP contribution >= 0.6 is 15.9 Å². The van der Waals surface area contributed by atoms with Gasteiger partial charge in [-0.15, -0.1) is 0 Å². The average Bonchev–Trinajstić information content (AvgIpc) is 3.35. The van der Waals surface area contributed by atoms with E-state index in [1.165, 1.54) is 12.2 Å². The van der Waals surface area contributed by atoms with Crippen molar-refractivity contribution in [3.63, 3.8) is 0 Å². The number of anilines is 2. The van der Waals surface area contributed by atoms with Gasteiger partial charge in [-0.25, -0.2) is 0 Å². The van der Waals surface area contributed by atoms with E-state index in [9.17, 15) is 9.59 Å². The van der Waals surface area contributed by atoms with Gasteiger partial charge in [-0.3, -0.25) is 9.59 Å². The number of nitrogens with one attached hydrogen (secondary N) is 2. The third-order valence-corrected chi connectivity index (χ3v) is 4.48. The number of para-hydroxylation sites is 1. The molecular formula is C21H15BrN2O5. The first kappa shape index (κ1) is 18.8. The first-order chi connectivity index (χ1) is 14.1. The van der Waals surface area contributed by atoms with Crippen molar-refractivity contribution < 1.29 is 23.5 Å². The van der Waals surface area contributed by atoms with Crippen molar-refractivity contribution in [2.24, 2.45) is 0 Å². The number of fused-ring (bicyclic) bond motifs is 1. The van der Waals surface area contributed by atoms with Gasteiger partial charge in [-0.1, -0.05) is 12.1 Å². The van der Waals surface area contributed by atoms with Crippen LogP contribution in [0, 0.1) is 0 Å². The summed E-state index contributed by atoms with van der Waals surface area (Å²) in [6.07, 6.45) is 2.87. The Hall–Kier alpha value is -3.52. The van der Waals surface area contributed by atoms with Crippen LogP contribution in [0.5, 0.6) is 11.5 Å². The van der Waals surface area contributed by atoms with E-state index in [2.05, 4.69) is 26.6 Å². The Morgan fingerprint density at radius 2 is 1.79 bits per heavy atom. The number of rotatable bonds is 5. The van der Waals surface area contributed by atoms with E-state index in [-0.39, 0.29) is 18.6 Å². The molecule has 146 valence electrons. The SMILES string of the molecule is O=C(/C=C/c1ccc(Br)o1)Nc1ccccc1C(=O)Nc1ccc2c(c1)OCO2. The highest BCUT2D eigenvalue weighted by Crippen LogP contribution is 2.34. The molecule has 1 aromatic heterocycles. The zero-order chi connectivity index (χ0) is 20.2. The highest BCUT2D eigenvalue weighted by atomic mass is 79.9. The molecular weight excluding hydrogens is 440 g/mol. The largest absolute Gasteiger partial charge is 0.454 e. The number of furan rings is 1. The lowest BCUT2D eigenvalue weighted by molar-refractivity contribution is -0.111. The molecule has 0 saturated heterocycles. The van der Waals surface area contributed by atoms with Crippen LogP contribution < -0.4 is 20.1 Å². The normalized spacial score (nSPS) is 12.2. The molecule has 0 fully saturated rings. The fraction of sp³-hybridized carbons (Fsp3) is 0.0476. The van der Waals surface area contributed by atoms with Crippen molar-refractivity contribution in [1.82, 2.24) is 0 Å². The van der Waals surface area contributed by atoms with Crippen molar-refractivity contribution >= 4 is 45.2 Å². The standard InChI is InChI=1S/C21H15BrN2O5/c22-19-9-6-14(29-19)7-10-20(25)24-16-4-2-1-3-15(16)21(26)23-13-5-8-17-18(11-13)28-12-27-17/h1-11H,12H2,(H,23,26)(H,24,25)/b10-7+. The topological polar surface area (TPSA) is 89.8 Å². The van der Waals surface area contributed by atoms with E-state index in [1.54, 1.807) is 54.6 Å². The fourth-order valence-corrected chi connectivity index (χ4v) is 3.03. The third-order valence-electron chi connectivity index (χ3n) is 4.05. The van der Waals surface area contributed by atoms with Crippen molar-refractivity contribution in [1.29, 1.82) is 0 Å². The molecule has 2 amide bonds. The summed E-state index contributed by atoms with van der Waals surface area (Å²) < 4.78 is 16.5. The molecule has 2 N–H and O–H groups in total. The average molecular weight is 455 g/mol. The Morgan fingerprint density at radius 3 is 2.62 bits per heavy atom. The summed E-state index contributed by atoms with van der Waals surface area (Å²) in [6.45, 7) is 0.157. The Bertz CT molecular complexity index is 1110. The highest BCUT2D eigenvalue weighted by molar-refractivity contribution is 9.10. The van der Waals surface area contributed by atoms with Crippen LogP contribution in [-0.4, -0.2) is 18.6 Å². The summed E-state index contributed by atoms with van der Waals surface area (Å²) >= 11 is 3.20. The maximum absolute atomic E-state index is 12.7. The van der Waals surface area contributed by atoms with Gasteiger partial charge in [0.2, 0.25) is 12.7 Å². The van der Waals surface area contributed by atoms with Crippen molar-refractivity contribution in [3.05, 3.63) is 76.7 Å². The van der Waals surface area contributed by atoms with Gasteiger partial charge < -0.3 is 24.5 Å². The van der Waals surface area contributed by atoms with Crippen LogP contribution in [0.1, 0.15) is 16.1 Å². The van der Waals surface area contributed by atoms with Crippen LogP contribution in [0.3, 0.4) is 0 Å². The Balaban J connectivity index is 1.46. The molecule has 0 unspecified atom stereocenters. The lowest BCUT2D eigenvalue weighted by Crippen LogP contribution is -2.17. The van der Waals surface area contributed by atoms with Crippen LogP contribution in [0.25, 0.3) is 6.08 Å². The van der Waals surface area contributed by atoms with Crippen LogP contribution in [-0.2, 0) is 4.79 Å². The van der Waals surface area contributed by atoms with Crippen molar-refractivity contribution in [2.75, 3.05) is 17.4 Å². The van der Waals surface area contributed by atoms with Gasteiger partial charge in [0.05, 0.1) is 11.3 Å². The molecule has 0 spiro atoms. The van der Waals surface area contributed by atoms with Crippen LogP contribution in [0.2, 0.25) is 0 Å². The van der Waals surface area contributed by atoms with Gasteiger partial charge in [0.15, 0.2) is 16.2 Å². The summed E-state index contributed by atoms with van der Waals surface area (Å²) in [5.41, 5.74) is 1.28. The molecule has 0 bridgehead atoms. The van der Waals surface area contributed by atoms with Crippen LogP contribution in [0.4, 0.5) is 11.4 Å². The maximum Gasteiger partial charge on any atom is 0.257 e. The minimum Gasteiger partial charge on any atom is -0.454 e. The molecule has 2 heterocycles. The highest BCUT2D eigenvalue weighted by Gasteiger charge is 2.16. The van der Waals surface area contributed by atoms with Crippen LogP contribution in [0.15, 0.2) is 69.8 Å². The predicted octanol–water partition coefficient (Wildman–Crippen LogP) is 4.68. The van der Waals surface area contributed by atoms with E-state index >= 15 is 0 Å². The second kappa shape index (κ2) is 8.24. The molecule has 1 aliphatic heterocycles. The molecule has 0 aliphatic carbocycles.